The molecule has 1 heterocycles. The number of carbonyl (C=O) groups excluding carboxylic acids is 1. The Morgan fingerprint density at radius 3 is 2.78 bits per heavy atom. The average Bonchev–Trinajstić information content (AvgIpc) is 2.79. The van der Waals surface area contributed by atoms with Crippen LogP contribution in [0.15, 0.2) is 0 Å². The fourth-order valence-electron chi connectivity index (χ4n) is 3.51. The van der Waals surface area contributed by atoms with Crippen molar-refractivity contribution < 1.29 is 9.53 Å². The summed E-state index contributed by atoms with van der Waals surface area (Å²) in [6, 6.07) is 0. The molecule has 0 spiro atoms. The van der Waals surface area contributed by atoms with Gasteiger partial charge in [-0.15, -0.1) is 0 Å². The highest BCUT2D eigenvalue weighted by atomic mass is 16.5. The Kier molecular flexibility index (Phi) is 4.28. The lowest BCUT2D eigenvalue weighted by atomic mass is 9.62. The molecule has 0 radical (unpaired) electrons. The number of nitrogens with two attached hydrogens (primary N) is 1. The SMILES string of the molecule is CCC1OCCC1CNC(=O)C1(CN)CC(C)C1. The number of amides is 1. The summed E-state index contributed by atoms with van der Waals surface area (Å²) in [6.07, 6.45) is 4.28. The fraction of sp³-hybridized carbons (Fsp3) is 0.929. The topological polar surface area (TPSA) is 64.3 Å². The third-order valence-electron chi connectivity index (χ3n) is 4.62. The number of carbonyl (C=O) groups is 1. The van der Waals surface area contributed by atoms with E-state index in [4.69, 9.17) is 10.5 Å². The van der Waals surface area contributed by atoms with E-state index in [0.29, 0.717) is 24.5 Å². The lowest BCUT2D eigenvalue weighted by molar-refractivity contribution is -0.138. The van der Waals surface area contributed by atoms with E-state index in [-0.39, 0.29) is 11.3 Å². The van der Waals surface area contributed by atoms with Crippen LogP contribution in [0.2, 0.25) is 0 Å². The minimum Gasteiger partial charge on any atom is -0.378 e. The van der Waals surface area contributed by atoms with Gasteiger partial charge >= 0.3 is 0 Å². The molecule has 0 bridgehead atoms. The minimum atomic E-state index is -0.277. The Labute approximate surface area is 110 Å². The van der Waals surface area contributed by atoms with Gasteiger partial charge in [0.1, 0.15) is 0 Å². The van der Waals surface area contributed by atoms with Gasteiger partial charge in [-0.1, -0.05) is 13.8 Å². The molecule has 1 aliphatic carbocycles. The lowest BCUT2D eigenvalue weighted by Gasteiger charge is -2.44. The van der Waals surface area contributed by atoms with Gasteiger partial charge in [-0.2, -0.15) is 0 Å². The van der Waals surface area contributed by atoms with Gasteiger partial charge in [-0.25, -0.2) is 0 Å². The van der Waals surface area contributed by atoms with E-state index in [1.807, 2.05) is 0 Å². The van der Waals surface area contributed by atoms with Gasteiger partial charge in [0.2, 0.25) is 5.91 Å². The van der Waals surface area contributed by atoms with E-state index in [2.05, 4.69) is 19.2 Å². The largest absolute Gasteiger partial charge is 0.378 e. The van der Waals surface area contributed by atoms with Crippen LogP contribution in [0.1, 0.15) is 39.5 Å². The molecule has 2 rings (SSSR count). The third kappa shape index (κ3) is 2.54. The molecule has 2 unspecified atom stereocenters. The standard InChI is InChI=1S/C14H26N2O2/c1-3-12-11(4-5-18-12)8-16-13(17)14(9-15)6-10(2)7-14/h10-12H,3-9,15H2,1-2H3,(H,16,17). The molecule has 2 aliphatic rings. The van der Waals surface area contributed by atoms with Crippen molar-refractivity contribution in [2.75, 3.05) is 19.7 Å². The summed E-state index contributed by atoms with van der Waals surface area (Å²) in [5.41, 5.74) is 5.51. The highest BCUT2D eigenvalue weighted by Gasteiger charge is 2.47. The smallest absolute Gasteiger partial charge is 0.227 e. The molecule has 2 atom stereocenters. The van der Waals surface area contributed by atoms with E-state index in [9.17, 15) is 4.79 Å². The second-order valence-electron chi connectivity index (χ2n) is 6.07. The monoisotopic (exact) mass is 254 g/mol. The van der Waals surface area contributed by atoms with Crippen LogP contribution < -0.4 is 11.1 Å². The van der Waals surface area contributed by atoms with Gasteiger partial charge in [-0.05, 0) is 31.6 Å². The Balaban J connectivity index is 1.81. The van der Waals surface area contributed by atoms with E-state index >= 15 is 0 Å². The molecular weight excluding hydrogens is 228 g/mol. The summed E-state index contributed by atoms with van der Waals surface area (Å²) < 4.78 is 5.64. The first-order valence-electron chi connectivity index (χ1n) is 7.21. The van der Waals surface area contributed by atoms with Gasteiger partial charge in [0, 0.05) is 25.6 Å². The van der Waals surface area contributed by atoms with Crippen LogP contribution in [0.4, 0.5) is 0 Å². The van der Waals surface area contributed by atoms with Crippen LogP contribution in [0.3, 0.4) is 0 Å². The molecule has 1 aliphatic heterocycles. The van der Waals surface area contributed by atoms with Crippen LogP contribution in [0, 0.1) is 17.3 Å². The molecular formula is C14H26N2O2. The summed E-state index contributed by atoms with van der Waals surface area (Å²) in [5.74, 6) is 1.27. The number of rotatable bonds is 5. The zero-order chi connectivity index (χ0) is 13.2. The zero-order valence-electron chi connectivity index (χ0n) is 11.6. The molecule has 18 heavy (non-hydrogen) atoms. The van der Waals surface area contributed by atoms with Crippen LogP contribution in [0.25, 0.3) is 0 Å². The number of hydrogen-bond acceptors (Lipinski definition) is 3. The normalized spacial score (nSPS) is 39.4. The summed E-state index contributed by atoms with van der Waals surface area (Å²) in [5, 5.41) is 3.10. The quantitative estimate of drug-likeness (QED) is 0.777. The Hall–Kier alpha value is -0.610. The Morgan fingerprint density at radius 2 is 2.22 bits per heavy atom. The molecule has 0 aromatic rings. The van der Waals surface area contributed by atoms with Crippen molar-refractivity contribution in [2.24, 2.45) is 23.0 Å². The molecule has 0 aromatic heterocycles. The van der Waals surface area contributed by atoms with Crippen molar-refractivity contribution in [3.05, 3.63) is 0 Å². The summed E-state index contributed by atoms with van der Waals surface area (Å²) in [6.45, 7) is 6.37. The summed E-state index contributed by atoms with van der Waals surface area (Å²) >= 11 is 0. The van der Waals surface area contributed by atoms with Crippen LogP contribution in [-0.4, -0.2) is 31.7 Å². The second-order valence-corrected chi connectivity index (χ2v) is 6.07. The maximum Gasteiger partial charge on any atom is 0.227 e. The van der Waals surface area contributed by atoms with Gasteiger partial charge < -0.3 is 15.8 Å². The first kappa shape index (κ1) is 13.8. The number of ether oxygens (including phenoxy) is 1. The van der Waals surface area contributed by atoms with Crippen LogP contribution >= 0.6 is 0 Å². The minimum absolute atomic E-state index is 0.157. The van der Waals surface area contributed by atoms with E-state index < -0.39 is 0 Å². The molecule has 0 aromatic carbocycles. The highest BCUT2D eigenvalue weighted by molar-refractivity contribution is 5.83. The second kappa shape index (κ2) is 5.57. The van der Waals surface area contributed by atoms with E-state index in [1.54, 1.807) is 0 Å². The predicted molar refractivity (Wildman–Crippen MR) is 71.0 cm³/mol. The highest BCUT2D eigenvalue weighted by Crippen LogP contribution is 2.44. The van der Waals surface area contributed by atoms with Gasteiger partial charge in [0.05, 0.1) is 11.5 Å². The van der Waals surface area contributed by atoms with E-state index in [1.165, 1.54) is 0 Å². The van der Waals surface area contributed by atoms with Gasteiger partial charge in [0.25, 0.3) is 0 Å². The van der Waals surface area contributed by atoms with Crippen molar-refractivity contribution in [3.8, 4) is 0 Å². The first-order valence-corrected chi connectivity index (χ1v) is 7.21. The first-order chi connectivity index (χ1) is 8.61. The van der Waals surface area contributed by atoms with Crippen molar-refractivity contribution in [1.29, 1.82) is 0 Å². The molecule has 4 heteroatoms. The Morgan fingerprint density at radius 1 is 1.50 bits per heavy atom. The maximum absolute atomic E-state index is 12.2. The summed E-state index contributed by atoms with van der Waals surface area (Å²) in [4.78, 5) is 12.2. The van der Waals surface area contributed by atoms with Crippen molar-refractivity contribution in [3.63, 3.8) is 0 Å². The van der Waals surface area contributed by atoms with Crippen LogP contribution in [0.5, 0.6) is 0 Å². The fourth-order valence-corrected chi connectivity index (χ4v) is 3.51. The van der Waals surface area contributed by atoms with Gasteiger partial charge in [0.15, 0.2) is 0 Å². The van der Waals surface area contributed by atoms with Gasteiger partial charge in [-0.3, -0.25) is 4.79 Å². The van der Waals surface area contributed by atoms with E-state index in [0.717, 1.165) is 38.8 Å². The Bertz CT molecular complexity index is 300. The molecule has 2 fully saturated rings. The summed E-state index contributed by atoms with van der Waals surface area (Å²) in [7, 11) is 0. The number of hydrogen-bond donors (Lipinski definition) is 2. The third-order valence-corrected chi connectivity index (χ3v) is 4.62. The predicted octanol–water partition coefficient (Wildman–Crippen LogP) is 1.29. The van der Waals surface area contributed by atoms with Crippen LogP contribution in [-0.2, 0) is 9.53 Å². The van der Waals surface area contributed by atoms with Crippen molar-refractivity contribution in [2.45, 2.75) is 45.6 Å². The molecule has 3 N–H and O–H groups in total. The zero-order valence-corrected chi connectivity index (χ0v) is 11.6. The molecule has 1 saturated carbocycles. The molecule has 1 saturated heterocycles. The lowest BCUT2D eigenvalue weighted by Crippen LogP contribution is -2.54. The van der Waals surface area contributed by atoms with Crippen molar-refractivity contribution >= 4 is 5.91 Å². The number of nitrogens with one attached hydrogen (secondary N) is 1. The molecule has 1 amide bonds. The van der Waals surface area contributed by atoms with Crippen molar-refractivity contribution in [1.82, 2.24) is 5.32 Å². The molecule has 4 nitrogen and oxygen atoms in total. The maximum atomic E-state index is 12.2. The molecule has 104 valence electrons. The average molecular weight is 254 g/mol.